The van der Waals surface area contributed by atoms with Gasteiger partial charge in [0.2, 0.25) is 0 Å². The summed E-state index contributed by atoms with van der Waals surface area (Å²) < 4.78 is 17.3. The van der Waals surface area contributed by atoms with Crippen LogP contribution >= 0.6 is 19.4 Å². The Bertz CT molecular complexity index is 1640. The molecule has 0 saturated carbocycles. The van der Waals surface area contributed by atoms with Crippen LogP contribution in [-0.4, -0.2) is 43.2 Å². The maximum Gasteiger partial charge on any atom is 0.469 e. The Morgan fingerprint density at radius 3 is 2.38 bits per heavy atom. The lowest BCUT2D eigenvalue weighted by Gasteiger charge is -2.35. The third-order valence-corrected chi connectivity index (χ3v) is 7.53. The monoisotopic (exact) mass is 612 g/mol. The molecule has 4 aromatic rings. The first-order valence-electron chi connectivity index (χ1n) is 13.5. The van der Waals surface area contributed by atoms with Gasteiger partial charge >= 0.3 is 7.82 Å². The highest BCUT2D eigenvalue weighted by Crippen LogP contribution is 2.37. The van der Waals surface area contributed by atoms with Crippen LogP contribution in [0.4, 0.5) is 0 Å². The van der Waals surface area contributed by atoms with Crippen LogP contribution in [-0.2, 0) is 22.2 Å². The van der Waals surface area contributed by atoms with Crippen LogP contribution in [0.3, 0.4) is 0 Å². The predicted octanol–water partition coefficient (Wildman–Crippen LogP) is 4.90. The van der Waals surface area contributed by atoms with Crippen molar-refractivity contribution in [3.8, 4) is 0 Å². The minimum atomic E-state index is -4.63. The predicted molar refractivity (Wildman–Crippen MR) is 162 cm³/mol. The number of hydrogen-bond donors (Lipinski definition) is 3. The van der Waals surface area contributed by atoms with E-state index in [0.717, 1.165) is 5.56 Å². The van der Waals surface area contributed by atoms with Gasteiger partial charge in [-0.15, -0.1) is 0 Å². The number of fused-ring (bicyclic) bond motifs is 1. The van der Waals surface area contributed by atoms with E-state index in [0.29, 0.717) is 52.4 Å². The average Bonchev–Trinajstić information content (AvgIpc) is 2.95. The van der Waals surface area contributed by atoms with Crippen LogP contribution in [0.15, 0.2) is 77.6 Å². The number of carbonyl (C=O) groups excluding carboxylic acids is 1. The first kappa shape index (κ1) is 31.6. The van der Waals surface area contributed by atoms with Gasteiger partial charge in [0.15, 0.2) is 0 Å². The van der Waals surface area contributed by atoms with Gasteiger partial charge in [0.05, 0.1) is 30.1 Å². The Morgan fingerprint density at radius 2 is 1.76 bits per heavy atom. The van der Waals surface area contributed by atoms with Gasteiger partial charge in [0.25, 0.3) is 11.5 Å². The number of hydrogen-bond acceptors (Lipinski definition) is 6. The molecule has 1 aromatic heterocycles. The molecule has 1 atom stereocenters. The summed E-state index contributed by atoms with van der Waals surface area (Å²) in [5, 5.41) is 0.871. The van der Waals surface area contributed by atoms with Crippen molar-refractivity contribution in [3.63, 3.8) is 0 Å². The van der Waals surface area contributed by atoms with Crippen molar-refractivity contribution in [2.45, 2.75) is 39.5 Å². The molecule has 1 unspecified atom stereocenters. The second-order valence-corrected chi connectivity index (χ2v) is 12.0. The van der Waals surface area contributed by atoms with Gasteiger partial charge in [0.1, 0.15) is 5.82 Å². The lowest BCUT2D eigenvalue weighted by Crippen LogP contribution is -2.42. The van der Waals surface area contributed by atoms with Crippen LogP contribution in [0.5, 0.6) is 0 Å². The van der Waals surface area contributed by atoms with Gasteiger partial charge in [0, 0.05) is 17.1 Å². The van der Waals surface area contributed by atoms with Gasteiger partial charge in [-0.3, -0.25) is 18.7 Å². The lowest BCUT2D eigenvalue weighted by molar-refractivity contribution is 0.0602. The average molecular weight is 613 g/mol. The summed E-state index contributed by atoms with van der Waals surface area (Å²) in [7, 11) is -4.63. The summed E-state index contributed by atoms with van der Waals surface area (Å²) >= 11 is 6.28. The molecule has 12 heteroatoms. The summed E-state index contributed by atoms with van der Waals surface area (Å²) in [5.41, 5.74) is 7.84. The second kappa shape index (κ2) is 13.7. The van der Waals surface area contributed by atoms with Crippen LogP contribution < -0.4 is 11.3 Å². The summed E-state index contributed by atoms with van der Waals surface area (Å²) in [6, 6.07) is 20.3. The smallest absolute Gasteiger partial charge is 0.330 e. The van der Waals surface area contributed by atoms with E-state index >= 15 is 0 Å². The number of rotatable bonds is 12. The molecule has 0 saturated heterocycles. The fraction of sp³-hybridized carbons (Fsp3) is 0.300. The topological polar surface area (TPSA) is 148 Å². The molecule has 0 aliphatic heterocycles. The van der Waals surface area contributed by atoms with E-state index in [1.165, 1.54) is 0 Å². The first-order chi connectivity index (χ1) is 20.0. The van der Waals surface area contributed by atoms with Gasteiger partial charge in [-0.05, 0) is 60.3 Å². The summed E-state index contributed by atoms with van der Waals surface area (Å²) in [4.78, 5) is 52.6. The van der Waals surface area contributed by atoms with Crippen molar-refractivity contribution < 1.29 is 23.7 Å². The highest BCUT2D eigenvalue weighted by molar-refractivity contribution is 7.46. The molecule has 0 fully saturated rings. The summed E-state index contributed by atoms with van der Waals surface area (Å²) in [6.45, 7) is 4.56. The molecule has 0 aliphatic rings. The molecule has 0 aliphatic carbocycles. The molecule has 0 radical (unpaired) electrons. The third kappa shape index (κ3) is 7.72. The van der Waals surface area contributed by atoms with Crippen molar-refractivity contribution in [2.75, 3.05) is 13.1 Å². The fourth-order valence-corrected chi connectivity index (χ4v) is 5.33. The molecule has 1 amide bonds. The number of aromatic nitrogens is 2. The van der Waals surface area contributed by atoms with Gasteiger partial charge in [-0.2, -0.15) is 0 Å². The molecule has 0 spiro atoms. The zero-order chi connectivity index (χ0) is 30.4. The van der Waals surface area contributed by atoms with Gasteiger partial charge in [-0.1, -0.05) is 67.9 Å². The van der Waals surface area contributed by atoms with E-state index in [-0.39, 0.29) is 30.5 Å². The highest BCUT2D eigenvalue weighted by Gasteiger charge is 2.32. The lowest BCUT2D eigenvalue weighted by atomic mass is 9.98. The van der Waals surface area contributed by atoms with Crippen LogP contribution in [0.25, 0.3) is 10.9 Å². The minimum absolute atomic E-state index is 0.145. The quantitative estimate of drug-likeness (QED) is 0.191. The van der Waals surface area contributed by atoms with Crippen LogP contribution in [0.2, 0.25) is 5.02 Å². The number of phosphoric acid groups is 1. The molecular formula is C30H34ClN4O6P. The molecule has 0 bridgehead atoms. The molecular weight excluding hydrogens is 579 g/mol. The SMILES string of the molecule is CC(C)C(c1nc2cc(Cl)ccc2c(=O)n1Cc1ccccc1)N(CCCN)C(=O)c1ccc(COP(=O)(O)O)cc1. The summed E-state index contributed by atoms with van der Waals surface area (Å²) in [5.74, 6) is -0.00447. The molecule has 1 heterocycles. The molecule has 3 aromatic carbocycles. The van der Waals surface area contributed by atoms with E-state index < -0.39 is 13.9 Å². The fourth-order valence-electron chi connectivity index (χ4n) is 4.85. The molecule has 222 valence electrons. The highest BCUT2D eigenvalue weighted by atomic mass is 35.5. The zero-order valence-electron chi connectivity index (χ0n) is 23.4. The van der Waals surface area contributed by atoms with Crippen molar-refractivity contribution >= 4 is 36.2 Å². The molecule has 4 rings (SSSR count). The standard InChI is InChI=1S/C30H34ClN4O6P/c1-20(2)27(34(16-6-15-32)29(36)23-11-9-22(10-12-23)19-41-42(38,39)40)28-33-26-17-24(31)13-14-25(26)30(37)35(28)18-21-7-4-3-5-8-21/h3-5,7-14,17,20,27H,6,15-16,18-19,32H2,1-2H3,(H2,38,39,40). The maximum absolute atomic E-state index is 14.1. The first-order valence-corrected chi connectivity index (χ1v) is 15.4. The van der Waals surface area contributed by atoms with Crippen LogP contribution in [0.1, 0.15) is 53.6 Å². The van der Waals surface area contributed by atoms with E-state index in [1.807, 2.05) is 44.2 Å². The number of nitrogens with zero attached hydrogens (tertiary/aromatic N) is 3. The number of amides is 1. The van der Waals surface area contributed by atoms with Crippen molar-refractivity contribution in [1.82, 2.24) is 14.5 Å². The molecule has 4 N–H and O–H groups in total. The zero-order valence-corrected chi connectivity index (χ0v) is 25.0. The Kier molecular flexibility index (Phi) is 10.3. The number of carbonyl (C=O) groups is 1. The Balaban J connectivity index is 1.82. The largest absolute Gasteiger partial charge is 0.469 e. The van der Waals surface area contributed by atoms with E-state index in [4.69, 9.17) is 32.1 Å². The Labute approximate surface area is 249 Å². The van der Waals surface area contributed by atoms with E-state index in [1.54, 1.807) is 51.9 Å². The van der Waals surface area contributed by atoms with E-state index in [9.17, 15) is 14.2 Å². The maximum atomic E-state index is 14.1. The normalized spacial score (nSPS) is 12.5. The van der Waals surface area contributed by atoms with Gasteiger partial charge < -0.3 is 20.4 Å². The van der Waals surface area contributed by atoms with Gasteiger partial charge in [-0.25, -0.2) is 9.55 Å². The number of nitrogens with two attached hydrogens (primary N) is 1. The van der Waals surface area contributed by atoms with Crippen molar-refractivity contribution in [3.05, 3.63) is 111 Å². The molecule has 10 nitrogen and oxygen atoms in total. The van der Waals surface area contributed by atoms with Crippen molar-refractivity contribution in [2.24, 2.45) is 11.7 Å². The molecule has 42 heavy (non-hydrogen) atoms. The van der Waals surface area contributed by atoms with E-state index in [2.05, 4.69) is 4.52 Å². The number of halogens is 1. The number of benzene rings is 3. The Morgan fingerprint density at radius 1 is 1.07 bits per heavy atom. The third-order valence-electron chi connectivity index (χ3n) is 6.83. The minimum Gasteiger partial charge on any atom is -0.330 e. The summed E-state index contributed by atoms with van der Waals surface area (Å²) in [6.07, 6.45) is 0.519. The van der Waals surface area contributed by atoms with Crippen molar-refractivity contribution in [1.29, 1.82) is 0 Å². The number of phosphoric ester groups is 1. The second-order valence-electron chi connectivity index (χ2n) is 10.3. The van der Waals surface area contributed by atoms with Crippen LogP contribution in [0, 0.1) is 5.92 Å². The Hall–Kier alpha value is -3.37.